The minimum atomic E-state index is -0.675. The lowest BCUT2D eigenvalue weighted by molar-refractivity contribution is -0.123. The summed E-state index contributed by atoms with van der Waals surface area (Å²) in [4.78, 5) is 35.8. The van der Waals surface area contributed by atoms with E-state index in [2.05, 4.69) is 0 Å². The zero-order chi connectivity index (χ0) is 16.1. The van der Waals surface area contributed by atoms with E-state index in [9.17, 15) is 14.4 Å². The van der Waals surface area contributed by atoms with Crippen LogP contribution in [0, 0.1) is 11.8 Å². The fraction of sp³-hybridized carbons (Fsp3) is 0.471. The molecular formula is C17H20O5. The van der Waals surface area contributed by atoms with Crippen LogP contribution in [0.5, 0.6) is 0 Å². The monoisotopic (exact) mass is 304 g/mol. The molecule has 1 fully saturated rings. The lowest BCUT2D eigenvalue weighted by Crippen LogP contribution is -2.18. The highest BCUT2D eigenvalue weighted by Crippen LogP contribution is 2.41. The summed E-state index contributed by atoms with van der Waals surface area (Å²) in [5.74, 6) is -0.842. The molecule has 2 atom stereocenters. The quantitative estimate of drug-likeness (QED) is 0.724. The smallest absolute Gasteiger partial charge is 0.339 e. The molecule has 0 saturated heterocycles. The minimum absolute atomic E-state index is 0.0260. The molecule has 2 unspecified atom stereocenters. The van der Waals surface area contributed by atoms with E-state index in [1.54, 1.807) is 19.1 Å². The zero-order valence-electron chi connectivity index (χ0n) is 12.8. The predicted molar refractivity (Wildman–Crippen MR) is 79.6 cm³/mol. The van der Waals surface area contributed by atoms with Gasteiger partial charge in [0.25, 0.3) is 0 Å². The Morgan fingerprint density at radius 1 is 1.05 bits per heavy atom. The number of benzene rings is 1. The summed E-state index contributed by atoms with van der Waals surface area (Å²) in [5, 5.41) is 0. The van der Waals surface area contributed by atoms with E-state index in [0.29, 0.717) is 5.92 Å². The van der Waals surface area contributed by atoms with Crippen molar-refractivity contribution in [3.05, 3.63) is 35.4 Å². The second-order valence-corrected chi connectivity index (χ2v) is 5.32. The first-order valence-corrected chi connectivity index (χ1v) is 7.54. The summed E-state index contributed by atoms with van der Waals surface area (Å²) in [5.41, 5.74) is 0.274. The van der Waals surface area contributed by atoms with Gasteiger partial charge in [0.2, 0.25) is 0 Å². The molecule has 118 valence electrons. The molecule has 1 aromatic carbocycles. The van der Waals surface area contributed by atoms with Gasteiger partial charge in [0.05, 0.1) is 17.7 Å². The van der Waals surface area contributed by atoms with Gasteiger partial charge in [0.15, 0.2) is 12.4 Å². The summed E-state index contributed by atoms with van der Waals surface area (Å²) in [6.45, 7) is 3.72. The fourth-order valence-electron chi connectivity index (χ4n) is 2.46. The number of carbonyl (C=O) groups excluding carboxylic acids is 3. The highest BCUT2D eigenvalue weighted by Gasteiger charge is 2.41. The van der Waals surface area contributed by atoms with Gasteiger partial charge in [-0.25, -0.2) is 9.59 Å². The van der Waals surface area contributed by atoms with E-state index in [1.165, 1.54) is 12.1 Å². The van der Waals surface area contributed by atoms with Crippen molar-refractivity contribution in [3.63, 3.8) is 0 Å². The Morgan fingerprint density at radius 2 is 1.64 bits per heavy atom. The molecule has 0 heterocycles. The van der Waals surface area contributed by atoms with Crippen molar-refractivity contribution >= 4 is 17.7 Å². The Kier molecular flexibility index (Phi) is 5.31. The predicted octanol–water partition coefficient (Wildman–Crippen LogP) is 2.64. The van der Waals surface area contributed by atoms with Crippen LogP contribution in [0.3, 0.4) is 0 Å². The standard InChI is InChI=1S/C17H20O5/c1-3-11-9-14(11)15(18)10-22-17(20)13-8-6-5-7-12(13)16(19)21-4-2/h5-8,11,14H,3-4,9-10H2,1-2H3. The first kappa shape index (κ1) is 16.2. The molecule has 5 heteroatoms. The summed E-state index contributed by atoms with van der Waals surface area (Å²) >= 11 is 0. The molecule has 0 aromatic heterocycles. The van der Waals surface area contributed by atoms with Gasteiger partial charge in [-0.15, -0.1) is 0 Å². The number of hydrogen-bond acceptors (Lipinski definition) is 5. The topological polar surface area (TPSA) is 69.7 Å². The highest BCUT2D eigenvalue weighted by molar-refractivity contribution is 6.03. The molecule has 0 N–H and O–H groups in total. The minimum Gasteiger partial charge on any atom is -0.462 e. The maximum atomic E-state index is 12.1. The summed E-state index contributed by atoms with van der Waals surface area (Å²) in [7, 11) is 0. The molecule has 1 aliphatic carbocycles. The highest BCUT2D eigenvalue weighted by atomic mass is 16.5. The van der Waals surface area contributed by atoms with Gasteiger partial charge in [-0.1, -0.05) is 25.5 Å². The van der Waals surface area contributed by atoms with Crippen LogP contribution in [0.25, 0.3) is 0 Å². The van der Waals surface area contributed by atoms with Gasteiger partial charge in [-0.05, 0) is 31.4 Å². The van der Waals surface area contributed by atoms with Crippen LogP contribution in [-0.4, -0.2) is 30.9 Å². The van der Waals surface area contributed by atoms with Crippen molar-refractivity contribution in [2.75, 3.05) is 13.2 Å². The van der Waals surface area contributed by atoms with E-state index in [4.69, 9.17) is 9.47 Å². The molecular weight excluding hydrogens is 284 g/mol. The van der Waals surface area contributed by atoms with Gasteiger partial charge in [-0.3, -0.25) is 4.79 Å². The third-order valence-electron chi connectivity index (χ3n) is 3.85. The molecule has 0 amide bonds. The molecule has 1 saturated carbocycles. The molecule has 0 aliphatic heterocycles. The van der Waals surface area contributed by atoms with E-state index in [1.807, 2.05) is 6.92 Å². The molecule has 0 radical (unpaired) electrons. The molecule has 2 rings (SSSR count). The van der Waals surface area contributed by atoms with Crippen molar-refractivity contribution in [1.82, 2.24) is 0 Å². The average Bonchev–Trinajstić information content (AvgIpc) is 3.32. The molecule has 0 bridgehead atoms. The Balaban J connectivity index is 1.98. The second kappa shape index (κ2) is 7.20. The van der Waals surface area contributed by atoms with Crippen LogP contribution >= 0.6 is 0 Å². The van der Waals surface area contributed by atoms with Gasteiger partial charge >= 0.3 is 11.9 Å². The van der Waals surface area contributed by atoms with E-state index in [0.717, 1.165) is 12.8 Å². The number of ether oxygens (including phenoxy) is 2. The molecule has 1 aromatic rings. The van der Waals surface area contributed by atoms with Gasteiger partial charge in [-0.2, -0.15) is 0 Å². The van der Waals surface area contributed by atoms with Gasteiger partial charge in [0, 0.05) is 5.92 Å². The van der Waals surface area contributed by atoms with E-state index in [-0.39, 0.29) is 36.0 Å². The van der Waals surface area contributed by atoms with Gasteiger partial charge in [0.1, 0.15) is 0 Å². The zero-order valence-corrected chi connectivity index (χ0v) is 12.8. The van der Waals surface area contributed by atoms with Crippen LogP contribution in [0.2, 0.25) is 0 Å². The van der Waals surface area contributed by atoms with Crippen molar-refractivity contribution in [2.45, 2.75) is 26.7 Å². The normalized spacial score (nSPS) is 19.4. The van der Waals surface area contributed by atoms with Crippen LogP contribution in [0.15, 0.2) is 24.3 Å². The second-order valence-electron chi connectivity index (χ2n) is 5.32. The Morgan fingerprint density at radius 3 is 2.14 bits per heavy atom. The van der Waals surface area contributed by atoms with Crippen LogP contribution < -0.4 is 0 Å². The average molecular weight is 304 g/mol. The van der Waals surface area contributed by atoms with Crippen LogP contribution in [0.1, 0.15) is 47.4 Å². The maximum absolute atomic E-state index is 12.1. The number of carbonyl (C=O) groups is 3. The largest absolute Gasteiger partial charge is 0.462 e. The molecule has 22 heavy (non-hydrogen) atoms. The third kappa shape index (κ3) is 3.72. The van der Waals surface area contributed by atoms with Gasteiger partial charge < -0.3 is 9.47 Å². The SMILES string of the molecule is CCOC(=O)c1ccccc1C(=O)OCC(=O)C1CC1CC. The van der Waals surface area contributed by atoms with Crippen molar-refractivity contribution in [3.8, 4) is 0 Å². The number of ketones is 1. The van der Waals surface area contributed by atoms with Crippen molar-refractivity contribution < 1.29 is 23.9 Å². The fourth-order valence-corrected chi connectivity index (χ4v) is 2.46. The number of Topliss-reactive ketones (excluding diaryl/α,β-unsaturated/α-hetero) is 1. The van der Waals surface area contributed by atoms with E-state index < -0.39 is 11.9 Å². The first-order valence-electron chi connectivity index (χ1n) is 7.54. The Hall–Kier alpha value is -2.17. The molecule has 5 nitrogen and oxygen atoms in total. The summed E-state index contributed by atoms with van der Waals surface area (Å²) in [6.07, 6.45) is 1.85. The molecule has 0 spiro atoms. The summed E-state index contributed by atoms with van der Waals surface area (Å²) in [6, 6.07) is 6.27. The van der Waals surface area contributed by atoms with Crippen LogP contribution in [-0.2, 0) is 14.3 Å². The lowest BCUT2D eigenvalue weighted by Gasteiger charge is -2.08. The number of hydrogen-bond donors (Lipinski definition) is 0. The third-order valence-corrected chi connectivity index (χ3v) is 3.85. The maximum Gasteiger partial charge on any atom is 0.339 e. The number of esters is 2. The summed E-state index contributed by atoms with van der Waals surface area (Å²) < 4.78 is 9.96. The Bertz CT molecular complexity index is 578. The van der Waals surface area contributed by atoms with Crippen molar-refractivity contribution in [1.29, 1.82) is 0 Å². The van der Waals surface area contributed by atoms with Crippen LogP contribution in [0.4, 0.5) is 0 Å². The first-order chi connectivity index (χ1) is 10.6. The van der Waals surface area contributed by atoms with Crippen molar-refractivity contribution in [2.24, 2.45) is 11.8 Å². The lowest BCUT2D eigenvalue weighted by atomic mass is 10.1. The van der Waals surface area contributed by atoms with E-state index >= 15 is 0 Å². The Labute approximate surface area is 129 Å². The number of rotatable bonds is 7. The molecule has 1 aliphatic rings.